The Morgan fingerprint density at radius 1 is 1.16 bits per heavy atom. The predicted molar refractivity (Wildman–Crippen MR) is 103 cm³/mol. The van der Waals surface area contributed by atoms with Gasteiger partial charge in [-0.15, -0.1) is 0 Å². The first-order valence-electron chi connectivity index (χ1n) is 9.38. The van der Waals surface area contributed by atoms with Gasteiger partial charge < -0.3 is 15.3 Å². The van der Waals surface area contributed by atoms with Gasteiger partial charge in [0.15, 0.2) is 0 Å². The van der Waals surface area contributed by atoms with Crippen LogP contribution in [0.15, 0.2) is 12.1 Å². The van der Waals surface area contributed by atoms with Gasteiger partial charge in [-0.25, -0.2) is 0 Å². The lowest BCUT2D eigenvalue weighted by Gasteiger charge is -2.36. The molecule has 1 saturated heterocycles. The summed E-state index contributed by atoms with van der Waals surface area (Å²) in [5.41, 5.74) is 3.76. The van der Waals surface area contributed by atoms with Gasteiger partial charge in [-0.3, -0.25) is 9.69 Å². The highest BCUT2D eigenvalue weighted by molar-refractivity contribution is 5.91. The first-order chi connectivity index (χ1) is 11.9. The Morgan fingerprint density at radius 3 is 2.44 bits per heavy atom. The van der Waals surface area contributed by atoms with Crippen LogP contribution in [0.5, 0.6) is 0 Å². The Hall–Kier alpha value is -1.43. The van der Waals surface area contributed by atoms with Crippen molar-refractivity contribution < 1.29 is 9.90 Å². The van der Waals surface area contributed by atoms with Crippen molar-refractivity contribution in [3.8, 4) is 0 Å². The molecule has 0 atom stereocenters. The molecule has 1 aliphatic heterocycles. The lowest BCUT2D eigenvalue weighted by Crippen LogP contribution is -2.48. The van der Waals surface area contributed by atoms with Gasteiger partial charge >= 0.3 is 0 Å². The molecule has 0 spiro atoms. The second-order valence-corrected chi connectivity index (χ2v) is 7.37. The Labute approximate surface area is 152 Å². The normalized spacial score (nSPS) is 16.4. The number of piperazine rings is 1. The zero-order valence-electron chi connectivity index (χ0n) is 16.1. The van der Waals surface area contributed by atoms with E-state index in [0.717, 1.165) is 61.5 Å². The first-order valence-corrected chi connectivity index (χ1v) is 9.38. The van der Waals surface area contributed by atoms with E-state index in [1.807, 2.05) is 26.0 Å². The molecule has 0 saturated carbocycles. The van der Waals surface area contributed by atoms with E-state index in [9.17, 15) is 9.90 Å². The zero-order chi connectivity index (χ0) is 18.4. The number of carbonyl (C=O) groups excluding carboxylic acids is 1. The molecule has 140 valence electrons. The van der Waals surface area contributed by atoms with Crippen LogP contribution in [0.1, 0.15) is 43.4 Å². The third kappa shape index (κ3) is 5.80. The highest BCUT2D eigenvalue weighted by atomic mass is 16.3. The lowest BCUT2D eigenvalue weighted by molar-refractivity contribution is -0.116. The second kappa shape index (κ2) is 9.32. The fraction of sp³-hybridized carbons (Fsp3) is 0.650. The van der Waals surface area contributed by atoms with Crippen molar-refractivity contribution in [3.63, 3.8) is 0 Å². The minimum Gasteiger partial charge on any atom is -0.392 e. The van der Waals surface area contributed by atoms with Crippen LogP contribution in [0.2, 0.25) is 0 Å². The van der Waals surface area contributed by atoms with Gasteiger partial charge in [0.1, 0.15) is 0 Å². The van der Waals surface area contributed by atoms with Crippen LogP contribution in [0, 0.1) is 13.8 Å². The van der Waals surface area contributed by atoms with Gasteiger partial charge in [0.25, 0.3) is 0 Å². The highest BCUT2D eigenvalue weighted by Gasteiger charge is 2.18. The van der Waals surface area contributed by atoms with Crippen LogP contribution >= 0.6 is 0 Å². The molecule has 2 rings (SSSR count). The molecule has 5 heteroatoms. The maximum absolute atomic E-state index is 12.2. The van der Waals surface area contributed by atoms with Crippen molar-refractivity contribution in [2.75, 3.05) is 38.0 Å². The van der Waals surface area contributed by atoms with E-state index in [-0.39, 0.29) is 12.5 Å². The van der Waals surface area contributed by atoms with Crippen molar-refractivity contribution in [2.45, 2.75) is 53.2 Å². The van der Waals surface area contributed by atoms with E-state index in [1.54, 1.807) is 0 Å². The largest absolute Gasteiger partial charge is 0.392 e. The molecule has 1 aliphatic rings. The number of anilines is 1. The summed E-state index contributed by atoms with van der Waals surface area (Å²) in [6.07, 6.45) is 1.41. The summed E-state index contributed by atoms with van der Waals surface area (Å²) >= 11 is 0. The number of aryl methyl sites for hydroxylation is 2. The molecule has 25 heavy (non-hydrogen) atoms. The summed E-state index contributed by atoms with van der Waals surface area (Å²) in [7, 11) is 0. The summed E-state index contributed by atoms with van der Waals surface area (Å²) in [5, 5.41) is 12.4. The van der Waals surface area contributed by atoms with Crippen molar-refractivity contribution in [1.82, 2.24) is 9.80 Å². The fourth-order valence-corrected chi connectivity index (χ4v) is 3.38. The molecule has 1 heterocycles. The standard InChI is InChI=1S/C20H33N3O2/c1-15(2)23-10-8-22(9-11-23)7-5-6-20(25)21-19-13-18(14-24)16(3)12-17(19)4/h12-13,15,24H,5-11,14H2,1-4H3,(H,21,25). The van der Waals surface area contributed by atoms with Crippen LogP contribution in [-0.2, 0) is 11.4 Å². The Morgan fingerprint density at radius 2 is 1.84 bits per heavy atom. The van der Waals surface area contributed by atoms with Crippen LogP contribution < -0.4 is 5.32 Å². The first kappa shape index (κ1) is 19.9. The number of nitrogens with one attached hydrogen (secondary N) is 1. The molecular weight excluding hydrogens is 314 g/mol. The summed E-state index contributed by atoms with van der Waals surface area (Å²) in [5.74, 6) is 0.0525. The summed E-state index contributed by atoms with van der Waals surface area (Å²) in [6.45, 7) is 13.9. The average Bonchev–Trinajstić information content (AvgIpc) is 2.57. The average molecular weight is 348 g/mol. The molecule has 2 N–H and O–H groups in total. The third-order valence-electron chi connectivity index (χ3n) is 5.14. The minimum atomic E-state index is -0.00264. The number of nitrogens with zero attached hydrogens (tertiary/aromatic N) is 2. The molecule has 1 fully saturated rings. The topological polar surface area (TPSA) is 55.8 Å². The Kier molecular flexibility index (Phi) is 7.41. The van der Waals surface area contributed by atoms with Gasteiger partial charge in [0.2, 0.25) is 5.91 Å². The van der Waals surface area contributed by atoms with Gasteiger partial charge in [-0.2, -0.15) is 0 Å². The van der Waals surface area contributed by atoms with E-state index in [4.69, 9.17) is 0 Å². The molecule has 1 aromatic carbocycles. The maximum Gasteiger partial charge on any atom is 0.224 e. The highest BCUT2D eigenvalue weighted by Crippen LogP contribution is 2.21. The number of benzene rings is 1. The monoisotopic (exact) mass is 347 g/mol. The number of hydrogen-bond acceptors (Lipinski definition) is 4. The maximum atomic E-state index is 12.2. The van der Waals surface area contributed by atoms with Crippen molar-refractivity contribution in [3.05, 3.63) is 28.8 Å². The molecule has 0 bridgehead atoms. The molecule has 0 unspecified atom stereocenters. The molecule has 5 nitrogen and oxygen atoms in total. The quantitative estimate of drug-likeness (QED) is 0.796. The zero-order valence-corrected chi connectivity index (χ0v) is 16.1. The van der Waals surface area contributed by atoms with E-state index >= 15 is 0 Å². The molecule has 1 amide bonds. The lowest BCUT2D eigenvalue weighted by atomic mass is 10.0. The third-order valence-corrected chi connectivity index (χ3v) is 5.14. The number of amides is 1. The number of aliphatic hydroxyl groups is 1. The fourth-order valence-electron chi connectivity index (χ4n) is 3.38. The Bertz CT molecular complexity index is 579. The summed E-state index contributed by atoms with van der Waals surface area (Å²) in [4.78, 5) is 17.2. The van der Waals surface area contributed by atoms with Gasteiger partial charge in [0.05, 0.1) is 6.61 Å². The summed E-state index contributed by atoms with van der Waals surface area (Å²) in [6, 6.07) is 4.51. The van der Waals surface area contributed by atoms with Crippen LogP contribution in [0.3, 0.4) is 0 Å². The van der Waals surface area contributed by atoms with Crippen LogP contribution in [-0.4, -0.2) is 59.6 Å². The number of rotatable bonds is 7. The van der Waals surface area contributed by atoms with E-state index in [2.05, 4.69) is 29.0 Å². The second-order valence-electron chi connectivity index (χ2n) is 7.37. The number of carbonyl (C=O) groups is 1. The molecule has 1 aromatic rings. The van der Waals surface area contributed by atoms with Crippen molar-refractivity contribution in [1.29, 1.82) is 0 Å². The van der Waals surface area contributed by atoms with E-state index in [1.165, 1.54) is 0 Å². The minimum absolute atomic E-state index is 0.00264. The van der Waals surface area contributed by atoms with Gasteiger partial charge in [-0.05, 0) is 63.4 Å². The van der Waals surface area contributed by atoms with E-state index in [0.29, 0.717) is 12.5 Å². The molecule has 0 radical (unpaired) electrons. The van der Waals surface area contributed by atoms with Crippen LogP contribution in [0.25, 0.3) is 0 Å². The van der Waals surface area contributed by atoms with E-state index < -0.39 is 0 Å². The molecule has 0 aromatic heterocycles. The van der Waals surface area contributed by atoms with Crippen LogP contribution in [0.4, 0.5) is 5.69 Å². The van der Waals surface area contributed by atoms with Crippen molar-refractivity contribution in [2.24, 2.45) is 0 Å². The molecule has 0 aliphatic carbocycles. The van der Waals surface area contributed by atoms with Gasteiger partial charge in [-0.1, -0.05) is 6.07 Å². The molecular formula is C20H33N3O2. The van der Waals surface area contributed by atoms with Gasteiger partial charge in [0, 0.05) is 44.3 Å². The number of aliphatic hydroxyl groups excluding tert-OH is 1. The Balaban J connectivity index is 1.75. The smallest absolute Gasteiger partial charge is 0.224 e. The number of hydrogen-bond donors (Lipinski definition) is 2. The summed E-state index contributed by atoms with van der Waals surface area (Å²) < 4.78 is 0. The van der Waals surface area contributed by atoms with Crippen molar-refractivity contribution >= 4 is 11.6 Å². The SMILES string of the molecule is Cc1cc(C)c(NC(=O)CCCN2CCN(C(C)C)CC2)cc1CO. The predicted octanol–water partition coefficient (Wildman–Crippen LogP) is 2.54.